The topological polar surface area (TPSA) is 29.1 Å². The molecular weight excluding hydrogens is 254 g/mol. The molecule has 0 radical (unpaired) electrons. The van der Waals surface area contributed by atoms with Crippen LogP contribution >= 0.6 is 15.9 Å². The molecule has 15 heavy (non-hydrogen) atoms. The summed E-state index contributed by atoms with van der Waals surface area (Å²) in [6.07, 6.45) is 1.48. The molecule has 0 unspecified atom stereocenters. The van der Waals surface area contributed by atoms with Gasteiger partial charge >= 0.3 is 0 Å². The number of hydrogen-bond donors (Lipinski definition) is 1. The molecule has 0 aliphatic rings. The highest BCUT2D eigenvalue weighted by molar-refractivity contribution is 9.10. The van der Waals surface area contributed by atoms with Gasteiger partial charge in [-0.2, -0.15) is 0 Å². The summed E-state index contributed by atoms with van der Waals surface area (Å²) >= 11 is 3.41. The van der Waals surface area contributed by atoms with E-state index in [4.69, 9.17) is 0 Å². The summed E-state index contributed by atoms with van der Waals surface area (Å²) in [4.78, 5) is 11.4. The SMILES string of the molecule is CCCC(=O)N[C@H](C)c1cccc(Br)c1. The highest BCUT2D eigenvalue weighted by atomic mass is 79.9. The number of halogens is 1. The highest BCUT2D eigenvalue weighted by Crippen LogP contribution is 2.17. The van der Waals surface area contributed by atoms with Crippen LogP contribution in [-0.2, 0) is 4.79 Å². The smallest absolute Gasteiger partial charge is 0.220 e. The number of rotatable bonds is 4. The molecule has 0 aliphatic heterocycles. The average molecular weight is 270 g/mol. The zero-order valence-corrected chi connectivity index (χ0v) is 10.7. The Hall–Kier alpha value is -0.830. The number of amides is 1. The van der Waals surface area contributed by atoms with Crippen molar-refractivity contribution in [3.63, 3.8) is 0 Å². The monoisotopic (exact) mass is 269 g/mol. The Morgan fingerprint density at radius 3 is 2.87 bits per heavy atom. The first-order valence-electron chi connectivity index (χ1n) is 5.18. The second kappa shape index (κ2) is 5.91. The Balaban J connectivity index is 2.60. The Kier molecular flexibility index (Phi) is 4.82. The van der Waals surface area contributed by atoms with E-state index >= 15 is 0 Å². The van der Waals surface area contributed by atoms with Crippen molar-refractivity contribution in [1.82, 2.24) is 5.32 Å². The second-order valence-electron chi connectivity index (χ2n) is 3.59. The van der Waals surface area contributed by atoms with Crippen molar-refractivity contribution in [3.8, 4) is 0 Å². The van der Waals surface area contributed by atoms with Gasteiger partial charge in [-0.05, 0) is 31.0 Å². The lowest BCUT2D eigenvalue weighted by molar-refractivity contribution is -0.121. The first-order chi connectivity index (χ1) is 7.13. The summed E-state index contributed by atoms with van der Waals surface area (Å²) in [5.74, 6) is 0.116. The van der Waals surface area contributed by atoms with Gasteiger partial charge in [-0.15, -0.1) is 0 Å². The zero-order valence-electron chi connectivity index (χ0n) is 9.09. The van der Waals surface area contributed by atoms with E-state index in [9.17, 15) is 4.79 Å². The summed E-state index contributed by atoms with van der Waals surface area (Å²) in [5, 5.41) is 2.96. The lowest BCUT2D eigenvalue weighted by atomic mass is 10.1. The summed E-state index contributed by atoms with van der Waals surface area (Å²) < 4.78 is 1.04. The fraction of sp³-hybridized carbons (Fsp3) is 0.417. The van der Waals surface area contributed by atoms with Crippen LogP contribution in [0, 0.1) is 0 Å². The molecule has 1 amide bonds. The van der Waals surface area contributed by atoms with E-state index in [-0.39, 0.29) is 11.9 Å². The summed E-state index contributed by atoms with van der Waals surface area (Å²) in [7, 11) is 0. The maximum absolute atomic E-state index is 11.4. The molecular formula is C12H16BrNO. The van der Waals surface area contributed by atoms with Gasteiger partial charge in [0.05, 0.1) is 6.04 Å². The van der Waals surface area contributed by atoms with E-state index in [2.05, 4.69) is 21.2 Å². The third-order valence-electron chi connectivity index (χ3n) is 2.20. The summed E-state index contributed by atoms with van der Waals surface area (Å²) in [6, 6.07) is 8.06. The number of carbonyl (C=O) groups excluding carboxylic acids is 1. The molecule has 0 aliphatic carbocycles. The van der Waals surface area contributed by atoms with Gasteiger partial charge in [-0.1, -0.05) is 35.0 Å². The molecule has 1 atom stereocenters. The van der Waals surface area contributed by atoms with Crippen molar-refractivity contribution in [2.75, 3.05) is 0 Å². The Morgan fingerprint density at radius 1 is 1.53 bits per heavy atom. The summed E-state index contributed by atoms with van der Waals surface area (Å²) in [6.45, 7) is 4.00. The van der Waals surface area contributed by atoms with Crippen LogP contribution in [0.1, 0.15) is 38.3 Å². The standard InChI is InChI=1S/C12H16BrNO/c1-3-5-12(15)14-9(2)10-6-4-7-11(13)8-10/h4,6-9H,3,5H2,1-2H3,(H,14,15)/t9-/m1/s1. The van der Waals surface area contributed by atoms with Crippen molar-refractivity contribution in [1.29, 1.82) is 0 Å². The van der Waals surface area contributed by atoms with Crippen molar-refractivity contribution in [2.45, 2.75) is 32.7 Å². The van der Waals surface area contributed by atoms with Crippen LogP contribution in [0.15, 0.2) is 28.7 Å². The Bertz CT molecular complexity index is 338. The largest absolute Gasteiger partial charge is 0.350 e. The summed E-state index contributed by atoms with van der Waals surface area (Å²) in [5.41, 5.74) is 1.12. The molecule has 0 heterocycles. The molecule has 82 valence electrons. The first kappa shape index (κ1) is 12.2. The Morgan fingerprint density at radius 2 is 2.27 bits per heavy atom. The molecule has 1 aromatic rings. The van der Waals surface area contributed by atoms with Crippen LogP contribution in [0.3, 0.4) is 0 Å². The van der Waals surface area contributed by atoms with E-state index < -0.39 is 0 Å². The minimum Gasteiger partial charge on any atom is -0.350 e. The fourth-order valence-electron chi connectivity index (χ4n) is 1.40. The number of nitrogens with one attached hydrogen (secondary N) is 1. The van der Waals surface area contributed by atoms with Gasteiger partial charge in [0.15, 0.2) is 0 Å². The molecule has 0 fully saturated rings. The van der Waals surface area contributed by atoms with Crippen molar-refractivity contribution >= 4 is 21.8 Å². The first-order valence-corrected chi connectivity index (χ1v) is 5.97. The van der Waals surface area contributed by atoms with Gasteiger partial charge in [0.25, 0.3) is 0 Å². The zero-order chi connectivity index (χ0) is 11.3. The maximum Gasteiger partial charge on any atom is 0.220 e. The van der Waals surface area contributed by atoms with Gasteiger partial charge in [0.2, 0.25) is 5.91 Å². The average Bonchev–Trinajstić information content (AvgIpc) is 2.18. The highest BCUT2D eigenvalue weighted by Gasteiger charge is 2.08. The van der Waals surface area contributed by atoms with Gasteiger partial charge in [0.1, 0.15) is 0 Å². The molecule has 3 heteroatoms. The van der Waals surface area contributed by atoms with E-state index in [1.807, 2.05) is 38.1 Å². The number of benzene rings is 1. The third kappa shape index (κ3) is 4.04. The maximum atomic E-state index is 11.4. The molecule has 1 N–H and O–H groups in total. The van der Waals surface area contributed by atoms with Gasteiger partial charge in [-0.3, -0.25) is 4.79 Å². The number of carbonyl (C=O) groups is 1. The van der Waals surface area contributed by atoms with Crippen LogP contribution in [0.4, 0.5) is 0 Å². The van der Waals surface area contributed by atoms with Crippen LogP contribution in [0.2, 0.25) is 0 Å². The van der Waals surface area contributed by atoms with Crippen molar-refractivity contribution in [2.24, 2.45) is 0 Å². The molecule has 1 aromatic carbocycles. The van der Waals surface area contributed by atoms with E-state index in [0.717, 1.165) is 16.5 Å². The minimum absolute atomic E-state index is 0.0709. The Labute approximate surface area is 99.2 Å². The molecule has 0 saturated heterocycles. The second-order valence-corrected chi connectivity index (χ2v) is 4.51. The van der Waals surface area contributed by atoms with Crippen LogP contribution in [0.25, 0.3) is 0 Å². The molecule has 2 nitrogen and oxygen atoms in total. The minimum atomic E-state index is 0.0709. The lowest BCUT2D eigenvalue weighted by Crippen LogP contribution is -2.26. The number of hydrogen-bond acceptors (Lipinski definition) is 1. The van der Waals surface area contributed by atoms with Crippen LogP contribution in [0.5, 0.6) is 0 Å². The van der Waals surface area contributed by atoms with Crippen molar-refractivity contribution < 1.29 is 4.79 Å². The van der Waals surface area contributed by atoms with Crippen LogP contribution in [-0.4, -0.2) is 5.91 Å². The molecule has 0 spiro atoms. The van der Waals surface area contributed by atoms with Crippen molar-refractivity contribution in [3.05, 3.63) is 34.3 Å². The predicted octanol–water partition coefficient (Wildman–Crippen LogP) is 3.43. The predicted molar refractivity (Wildman–Crippen MR) is 65.6 cm³/mol. The fourth-order valence-corrected chi connectivity index (χ4v) is 1.82. The molecule has 0 saturated carbocycles. The van der Waals surface area contributed by atoms with Gasteiger partial charge in [-0.25, -0.2) is 0 Å². The third-order valence-corrected chi connectivity index (χ3v) is 2.70. The molecule has 1 rings (SSSR count). The molecule has 0 aromatic heterocycles. The quantitative estimate of drug-likeness (QED) is 0.892. The molecule has 0 bridgehead atoms. The van der Waals surface area contributed by atoms with Gasteiger partial charge < -0.3 is 5.32 Å². The van der Waals surface area contributed by atoms with E-state index in [0.29, 0.717) is 6.42 Å². The van der Waals surface area contributed by atoms with Crippen LogP contribution < -0.4 is 5.32 Å². The lowest BCUT2D eigenvalue weighted by Gasteiger charge is -2.14. The van der Waals surface area contributed by atoms with Gasteiger partial charge in [0, 0.05) is 10.9 Å². The van der Waals surface area contributed by atoms with E-state index in [1.54, 1.807) is 0 Å². The normalized spacial score (nSPS) is 12.2. The van der Waals surface area contributed by atoms with E-state index in [1.165, 1.54) is 0 Å².